The van der Waals surface area contributed by atoms with E-state index < -0.39 is 5.60 Å². The van der Waals surface area contributed by atoms with Crippen LogP contribution < -0.4 is 0 Å². The molecule has 128 valence electrons. The van der Waals surface area contributed by atoms with Crippen molar-refractivity contribution in [2.24, 2.45) is 23.7 Å². The first-order valence-electron chi connectivity index (χ1n) is 9.33. The summed E-state index contributed by atoms with van der Waals surface area (Å²) >= 11 is 0. The van der Waals surface area contributed by atoms with Gasteiger partial charge in [-0.25, -0.2) is 0 Å². The molecule has 4 nitrogen and oxygen atoms in total. The van der Waals surface area contributed by atoms with E-state index in [0.717, 1.165) is 24.7 Å². The predicted molar refractivity (Wildman–Crippen MR) is 84.7 cm³/mol. The van der Waals surface area contributed by atoms with Gasteiger partial charge in [0, 0.05) is 7.11 Å². The highest BCUT2D eigenvalue weighted by Gasteiger charge is 2.60. The number of fused-ring (bicyclic) bond motifs is 1. The molecule has 0 aromatic rings. The zero-order chi connectivity index (χ0) is 15.7. The number of hydrogen-bond donors (Lipinski definition) is 1. The Labute approximate surface area is 138 Å². The van der Waals surface area contributed by atoms with E-state index in [9.17, 15) is 5.11 Å². The van der Waals surface area contributed by atoms with E-state index in [-0.39, 0.29) is 11.7 Å². The van der Waals surface area contributed by atoms with Gasteiger partial charge in [-0.05, 0) is 80.3 Å². The van der Waals surface area contributed by atoms with E-state index in [0.29, 0.717) is 25.2 Å². The molecule has 1 N–H and O–H groups in total. The van der Waals surface area contributed by atoms with Crippen molar-refractivity contribution in [2.75, 3.05) is 20.5 Å². The van der Waals surface area contributed by atoms with Gasteiger partial charge in [-0.3, -0.25) is 0 Å². The fourth-order valence-electron chi connectivity index (χ4n) is 6.57. The minimum atomic E-state index is -0.572. The molecule has 5 aliphatic carbocycles. The minimum absolute atomic E-state index is 0.141. The summed E-state index contributed by atoms with van der Waals surface area (Å²) < 4.78 is 16.8. The second kappa shape index (κ2) is 5.04. The van der Waals surface area contributed by atoms with E-state index in [1.54, 1.807) is 7.11 Å². The summed E-state index contributed by atoms with van der Waals surface area (Å²) in [7, 11) is 1.66. The van der Waals surface area contributed by atoms with Crippen molar-refractivity contribution in [2.45, 2.75) is 62.3 Å². The summed E-state index contributed by atoms with van der Waals surface area (Å²) in [6, 6.07) is 0. The van der Waals surface area contributed by atoms with Crippen LogP contribution >= 0.6 is 0 Å². The van der Waals surface area contributed by atoms with Gasteiger partial charge in [-0.15, -0.1) is 0 Å². The SMILES string of the molecule is COCO[C@]12C=C(C3(O)C4CC5CC(C4)CC3C5)CC[C@H]1OC2. The number of methoxy groups -OCH3 is 1. The van der Waals surface area contributed by atoms with Crippen LogP contribution in [0.5, 0.6) is 0 Å². The van der Waals surface area contributed by atoms with Crippen LogP contribution in [0.25, 0.3) is 0 Å². The zero-order valence-corrected chi connectivity index (χ0v) is 14.0. The van der Waals surface area contributed by atoms with Gasteiger partial charge in [0.1, 0.15) is 12.4 Å². The summed E-state index contributed by atoms with van der Waals surface area (Å²) in [6.45, 7) is 0.889. The Morgan fingerprint density at radius 2 is 1.87 bits per heavy atom. The first-order valence-corrected chi connectivity index (χ1v) is 9.33. The van der Waals surface area contributed by atoms with Crippen LogP contribution in [0.1, 0.15) is 44.9 Å². The summed E-state index contributed by atoms with van der Waals surface area (Å²) in [6.07, 6.45) is 10.6. The van der Waals surface area contributed by atoms with Gasteiger partial charge in [0.25, 0.3) is 0 Å². The maximum atomic E-state index is 11.8. The van der Waals surface area contributed by atoms with Crippen LogP contribution in [-0.4, -0.2) is 42.9 Å². The summed E-state index contributed by atoms with van der Waals surface area (Å²) in [5.41, 5.74) is 0.327. The molecule has 6 aliphatic rings. The third-order valence-corrected chi connectivity index (χ3v) is 7.49. The van der Waals surface area contributed by atoms with Gasteiger partial charge in [-0.1, -0.05) is 0 Å². The molecule has 1 aliphatic heterocycles. The quantitative estimate of drug-likeness (QED) is 0.639. The molecule has 4 heteroatoms. The molecule has 5 fully saturated rings. The van der Waals surface area contributed by atoms with E-state index in [1.807, 2.05) is 0 Å². The second-order valence-corrected chi connectivity index (χ2v) is 8.64. The highest BCUT2D eigenvalue weighted by Crippen LogP contribution is 2.61. The Kier molecular flexibility index (Phi) is 3.26. The smallest absolute Gasteiger partial charge is 0.147 e. The number of aliphatic hydroxyl groups is 1. The van der Waals surface area contributed by atoms with E-state index >= 15 is 0 Å². The van der Waals surface area contributed by atoms with Gasteiger partial charge >= 0.3 is 0 Å². The largest absolute Gasteiger partial charge is 0.385 e. The molecule has 1 saturated heterocycles. The van der Waals surface area contributed by atoms with Gasteiger partial charge < -0.3 is 19.3 Å². The van der Waals surface area contributed by atoms with E-state index in [2.05, 4.69) is 6.08 Å². The van der Waals surface area contributed by atoms with Crippen LogP contribution in [-0.2, 0) is 14.2 Å². The Bertz CT molecular complexity index is 499. The highest BCUT2D eigenvalue weighted by molar-refractivity contribution is 5.33. The molecular weight excluding hydrogens is 292 g/mol. The third-order valence-electron chi connectivity index (χ3n) is 7.49. The lowest BCUT2D eigenvalue weighted by Gasteiger charge is -2.61. The summed E-state index contributed by atoms with van der Waals surface area (Å²) in [5.74, 6) is 2.70. The molecule has 6 rings (SSSR count). The van der Waals surface area contributed by atoms with Crippen LogP contribution in [0.2, 0.25) is 0 Å². The first kappa shape index (κ1) is 14.9. The fraction of sp³-hybridized carbons (Fsp3) is 0.895. The third kappa shape index (κ3) is 1.98. The van der Waals surface area contributed by atoms with Crippen molar-refractivity contribution in [1.29, 1.82) is 0 Å². The van der Waals surface area contributed by atoms with E-state index in [4.69, 9.17) is 14.2 Å². The van der Waals surface area contributed by atoms with Crippen molar-refractivity contribution in [3.8, 4) is 0 Å². The average Bonchev–Trinajstić information content (AvgIpc) is 2.52. The normalized spacial score (nSPS) is 53.7. The lowest BCUT2D eigenvalue weighted by atomic mass is 9.47. The molecule has 1 heterocycles. The lowest BCUT2D eigenvalue weighted by molar-refractivity contribution is -0.267. The van der Waals surface area contributed by atoms with Gasteiger partial charge in [0.2, 0.25) is 0 Å². The molecular formula is C19H28O4. The molecule has 2 atom stereocenters. The average molecular weight is 320 g/mol. The highest BCUT2D eigenvalue weighted by atomic mass is 16.7. The van der Waals surface area contributed by atoms with Crippen LogP contribution in [0.4, 0.5) is 0 Å². The van der Waals surface area contributed by atoms with Crippen LogP contribution in [0, 0.1) is 23.7 Å². The maximum absolute atomic E-state index is 11.8. The van der Waals surface area contributed by atoms with Crippen molar-refractivity contribution >= 4 is 0 Å². The monoisotopic (exact) mass is 320 g/mol. The summed E-state index contributed by atoms with van der Waals surface area (Å²) in [4.78, 5) is 0. The molecule has 0 aromatic carbocycles. The molecule has 4 bridgehead atoms. The van der Waals surface area contributed by atoms with Crippen molar-refractivity contribution in [3.05, 3.63) is 11.6 Å². The number of rotatable bonds is 4. The molecule has 4 saturated carbocycles. The molecule has 23 heavy (non-hydrogen) atoms. The topological polar surface area (TPSA) is 47.9 Å². The van der Waals surface area contributed by atoms with E-state index in [1.165, 1.54) is 37.7 Å². The molecule has 0 aromatic heterocycles. The van der Waals surface area contributed by atoms with Gasteiger partial charge in [0.15, 0.2) is 0 Å². The molecule has 0 radical (unpaired) electrons. The summed E-state index contributed by atoms with van der Waals surface area (Å²) in [5, 5.41) is 11.8. The Balaban J connectivity index is 1.47. The first-order chi connectivity index (χ1) is 11.1. The Morgan fingerprint density at radius 1 is 1.17 bits per heavy atom. The zero-order valence-electron chi connectivity index (χ0n) is 14.0. The molecule has 0 spiro atoms. The predicted octanol–water partition coefficient (Wildman–Crippen LogP) is 2.65. The van der Waals surface area contributed by atoms with Crippen LogP contribution in [0.3, 0.4) is 0 Å². The number of ether oxygens (including phenoxy) is 3. The van der Waals surface area contributed by atoms with Crippen molar-refractivity contribution in [3.63, 3.8) is 0 Å². The number of hydrogen-bond acceptors (Lipinski definition) is 4. The molecule has 0 unspecified atom stereocenters. The van der Waals surface area contributed by atoms with Crippen molar-refractivity contribution < 1.29 is 19.3 Å². The van der Waals surface area contributed by atoms with Crippen LogP contribution in [0.15, 0.2) is 11.6 Å². The standard InChI is InChI=1S/C19H28O4/c1-21-11-23-18-9-14(2-3-17(18)22-10-18)19(20)15-5-12-4-13(7-15)8-16(19)6-12/h9,12-13,15-17,20H,2-8,10-11H2,1H3/t12?,13?,15?,16?,17-,18+,19?/m1/s1. The fourth-order valence-corrected chi connectivity index (χ4v) is 6.57. The Hall–Kier alpha value is -0.420. The lowest BCUT2D eigenvalue weighted by Crippen LogP contribution is -2.64. The molecule has 0 amide bonds. The maximum Gasteiger partial charge on any atom is 0.147 e. The van der Waals surface area contributed by atoms with Crippen molar-refractivity contribution in [1.82, 2.24) is 0 Å². The second-order valence-electron chi connectivity index (χ2n) is 8.64. The minimum Gasteiger partial charge on any atom is -0.385 e. The Morgan fingerprint density at radius 3 is 2.43 bits per heavy atom. The van der Waals surface area contributed by atoms with Gasteiger partial charge in [0.05, 0.1) is 18.3 Å². The van der Waals surface area contributed by atoms with Gasteiger partial charge in [-0.2, -0.15) is 0 Å².